The van der Waals surface area contributed by atoms with Crippen molar-refractivity contribution >= 4 is 12.0 Å². The van der Waals surface area contributed by atoms with E-state index in [1.807, 2.05) is 6.07 Å². The molecule has 0 aromatic heterocycles. The Labute approximate surface area is 82.2 Å². The van der Waals surface area contributed by atoms with E-state index in [1.54, 1.807) is 18.2 Å². The molecule has 3 nitrogen and oxygen atoms in total. The molecule has 0 atom stereocenters. The highest BCUT2D eigenvalue weighted by molar-refractivity contribution is 5.93. The van der Waals surface area contributed by atoms with E-state index < -0.39 is 5.97 Å². The van der Waals surface area contributed by atoms with Gasteiger partial charge in [0.15, 0.2) is 0 Å². The zero-order valence-corrected chi connectivity index (χ0v) is 7.78. The first kappa shape index (κ1) is 10.0. The highest BCUT2D eigenvalue weighted by atomic mass is 16.5. The number of rotatable bonds is 2. The summed E-state index contributed by atoms with van der Waals surface area (Å²) in [5, 5.41) is 8.87. The molecule has 0 saturated carbocycles. The molecule has 0 aliphatic heterocycles. The summed E-state index contributed by atoms with van der Waals surface area (Å²) in [6, 6.07) is 6.92. The molecule has 1 aromatic rings. The Balaban J connectivity index is 3.38. The largest absolute Gasteiger partial charge is 0.465 e. The molecule has 1 rings (SSSR count). The fourth-order valence-corrected chi connectivity index (χ4v) is 1.15. The number of esters is 1. The fraction of sp³-hybridized carbons (Fsp3) is 0.0909. The Hall–Kier alpha value is -2.08. The van der Waals surface area contributed by atoms with Crippen LogP contribution in [0.2, 0.25) is 0 Å². The van der Waals surface area contributed by atoms with Gasteiger partial charge in [-0.05, 0) is 11.6 Å². The lowest BCUT2D eigenvalue weighted by molar-refractivity contribution is 0.0600. The fourth-order valence-electron chi connectivity index (χ4n) is 1.15. The molecule has 3 heteroatoms. The Morgan fingerprint density at radius 2 is 2.36 bits per heavy atom. The third-order valence-electron chi connectivity index (χ3n) is 1.83. The van der Waals surface area contributed by atoms with Gasteiger partial charge in [0.2, 0.25) is 0 Å². The third kappa shape index (κ3) is 1.64. The first-order valence-corrected chi connectivity index (χ1v) is 3.98. The maximum Gasteiger partial charge on any atom is 0.339 e. The van der Waals surface area contributed by atoms with Gasteiger partial charge in [-0.15, -0.1) is 0 Å². The van der Waals surface area contributed by atoms with Crippen LogP contribution in [-0.4, -0.2) is 13.1 Å². The highest BCUT2D eigenvalue weighted by Gasteiger charge is 2.13. The molecular weight excluding hydrogens is 178 g/mol. The van der Waals surface area contributed by atoms with Gasteiger partial charge < -0.3 is 4.74 Å². The van der Waals surface area contributed by atoms with Crippen LogP contribution in [0.25, 0.3) is 6.08 Å². The first-order valence-electron chi connectivity index (χ1n) is 3.98. The van der Waals surface area contributed by atoms with Gasteiger partial charge in [-0.1, -0.05) is 24.8 Å². The monoisotopic (exact) mass is 187 g/mol. The zero-order chi connectivity index (χ0) is 10.6. The molecule has 0 bridgehead atoms. The quantitative estimate of drug-likeness (QED) is 0.665. The Morgan fingerprint density at radius 3 is 2.86 bits per heavy atom. The number of carbonyl (C=O) groups is 1. The van der Waals surface area contributed by atoms with Gasteiger partial charge in [-0.25, -0.2) is 4.79 Å². The predicted molar refractivity (Wildman–Crippen MR) is 52.6 cm³/mol. The van der Waals surface area contributed by atoms with Crippen LogP contribution in [0.3, 0.4) is 0 Å². The van der Waals surface area contributed by atoms with E-state index in [2.05, 4.69) is 11.3 Å². The lowest BCUT2D eigenvalue weighted by atomic mass is 10.0. The second kappa shape index (κ2) is 4.24. The van der Waals surface area contributed by atoms with Crippen molar-refractivity contribution in [3.05, 3.63) is 41.5 Å². The van der Waals surface area contributed by atoms with Crippen LogP contribution in [0.4, 0.5) is 0 Å². The lowest BCUT2D eigenvalue weighted by Crippen LogP contribution is -2.04. The number of benzene rings is 1. The van der Waals surface area contributed by atoms with Gasteiger partial charge in [0.25, 0.3) is 0 Å². The molecule has 0 aliphatic rings. The number of nitrogens with zero attached hydrogens (tertiary/aromatic N) is 1. The van der Waals surface area contributed by atoms with Crippen LogP contribution in [0.1, 0.15) is 21.5 Å². The topological polar surface area (TPSA) is 50.1 Å². The second-order valence-electron chi connectivity index (χ2n) is 2.58. The van der Waals surface area contributed by atoms with E-state index in [1.165, 1.54) is 13.2 Å². The van der Waals surface area contributed by atoms with Gasteiger partial charge in [-0.3, -0.25) is 0 Å². The Bertz CT molecular complexity index is 416. The molecule has 0 unspecified atom stereocenters. The number of methoxy groups -OCH3 is 1. The minimum absolute atomic E-state index is 0.271. The zero-order valence-electron chi connectivity index (χ0n) is 7.78. The highest BCUT2D eigenvalue weighted by Crippen LogP contribution is 2.15. The summed E-state index contributed by atoms with van der Waals surface area (Å²) < 4.78 is 4.55. The van der Waals surface area contributed by atoms with E-state index in [-0.39, 0.29) is 5.56 Å². The average Bonchev–Trinajstić information content (AvgIpc) is 2.26. The van der Waals surface area contributed by atoms with Crippen LogP contribution < -0.4 is 0 Å². The molecular formula is C11H9NO2. The molecule has 0 fully saturated rings. The summed E-state index contributed by atoms with van der Waals surface area (Å²) >= 11 is 0. The maximum atomic E-state index is 11.3. The summed E-state index contributed by atoms with van der Waals surface area (Å²) in [7, 11) is 1.28. The molecule has 0 spiro atoms. The molecule has 1 aromatic carbocycles. The minimum Gasteiger partial charge on any atom is -0.465 e. The Kier molecular flexibility index (Phi) is 3.03. The van der Waals surface area contributed by atoms with Crippen molar-refractivity contribution in [2.75, 3.05) is 7.11 Å². The van der Waals surface area contributed by atoms with E-state index in [4.69, 9.17) is 5.26 Å². The molecule has 0 aliphatic carbocycles. The summed E-state index contributed by atoms with van der Waals surface area (Å²) in [5.74, 6) is -0.509. The van der Waals surface area contributed by atoms with Gasteiger partial charge in [0.05, 0.1) is 18.2 Å². The minimum atomic E-state index is -0.509. The van der Waals surface area contributed by atoms with Gasteiger partial charge in [0, 0.05) is 0 Å². The normalized spacial score (nSPS) is 8.86. The molecule has 70 valence electrons. The number of ether oxygens (including phenoxy) is 1. The van der Waals surface area contributed by atoms with E-state index >= 15 is 0 Å². The van der Waals surface area contributed by atoms with Gasteiger partial charge in [0.1, 0.15) is 6.07 Å². The second-order valence-corrected chi connectivity index (χ2v) is 2.58. The SMILES string of the molecule is C=Cc1cccc(C(=O)OC)c1C#N. The van der Waals surface area contributed by atoms with Crippen LogP contribution >= 0.6 is 0 Å². The summed E-state index contributed by atoms with van der Waals surface area (Å²) in [4.78, 5) is 11.3. The molecule has 0 radical (unpaired) electrons. The molecule has 0 heterocycles. The Morgan fingerprint density at radius 1 is 1.64 bits per heavy atom. The van der Waals surface area contributed by atoms with Crippen molar-refractivity contribution in [1.82, 2.24) is 0 Å². The number of carbonyl (C=O) groups excluding carboxylic acids is 1. The van der Waals surface area contributed by atoms with Crippen LogP contribution in [0.15, 0.2) is 24.8 Å². The molecule has 0 N–H and O–H groups in total. The van der Waals surface area contributed by atoms with Crippen molar-refractivity contribution in [1.29, 1.82) is 5.26 Å². The predicted octanol–water partition coefficient (Wildman–Crippen LogP) is 1.99. The summed E-state index contributed by atoms with van der Waals surface area (Å²) in [5.41, 5.74) is 1.21. The van der Waals surface area contributed by atoms with Crippen LogP contribution in [0, 0.1) is 11.3 Å². The first-order chi connectivity index (χ1) is 6.74. The van der Waals surface area contributed by atoms with Crippen molar-refractivity contribution in [2.45, 2.75) is 0 Å². The van der Waals surface area contributed by atoms with Crippen LogP contribution in [0.5, 0.6) is 0 Å². The standard InChI is InChI=1S/C11H9NO2/c1-3-8-5-4-6-9(10(8)7-12)11(13)14-2/h3-6H,1H2,2H3. The molecule has 14 heavy (non-hydrogen) atoms. The molecule has 0 amide bonds. The molecule has 0 saturated heterocycles. The summed E-state index contributed by atoms with van der Waals surface area (Å²) in [6.45, 7) is 3.56. The van der Waals surface area contributed by atoms with Crippen molar-refractivity contribution in [2.24, 2.45) is 0 Å². The van der Waals surface area contributed by atoms with Gasteiger partial charge in [-0.2, -0.15) is 5.26 Å². The van der Waals surface area contributed by atoms with Crippen molar-refractivity contribution in [3.8, 4) is 6.07 Å². The van der Waals surface area contributed by atoms with E-state index in [0.717, 1.165) is 0 Å². The van der Waals surface area contributed by atoms with Gasteiger partial charge >= 0.3 is 5.97 Å². The van der Waals surface area contributed by atoms with Crippen molar-refractivity contribution in [3.63, 3.8) is 0 Å². The number of hydrogen-bond acceptors (Lipinski definition) is 3. The smallest absolute Gasteiger partial charge is 0.339 e. The number of nitriles is 1. The number of hydrogen-bond donors (Lipinski definition) is 0. The summed E-state index contributed by atoms with van der Waals surface area (Å²) in [6.07, 6.45) is 1.53. The van der Waals surface area contributed by atoms with E-state index in [9.17, 15) is 4.79 Å². The third-order valence-corrected chi connectivity index (χ3v) is 1.83. The van der Waals surface area contributed by atoms with Crippen LogP contribution in [-0.2, 0) is 4.74 Å². The van der Waals surface area contributed by atoms with Crippen molar-refractivity contribution < 1.29 is 9.53 Å². The average molecular weight is 187 g/mol. The maximum absolute atomic E-state index is 11.3. The lowest BCUT2D eigenvalue weighted by Gasteiger charge is -2.03. The van der Waals surface area contributed by atoms with E-state index in [0.29, 0.717) is 11.1 Å².